The van der Waals surface area contributed by atoms with E-state index < -0.39 is 19.5 Å². The third kappa shape index (κ3) is 7.17. The van der Waals surface area contributed by atoms with Crippen molar-refractivity contribution in [3.63, 3.8) is 0 Å². The van der Waals surface area contributed by atoms with Crippen LogP contribution in [0.25, 0.3) is 0 Å². The lowest BCUT2D eigenvalue weighted by molar-refractivity contribution is -0.0762. The van der Waals surface area contributed by atoms with Crippen molar-refractivity contribution < 1.29 is 24.0 Å². The molecule has 0 heterocycles. The largest absolute Gasteiger partial charge is 0.469 e. The lowest BCUT2D eigenvalue weighted by Gasteiger charge is -2.34. The average molecular weight is 268 g/mol. The van der Waals surface area contributed by atoms with E-state index in [1.807, 2.05) is 13.8 Å². The summed E-state index contributed by atoms with van der Waals surface area (Å²) in [6, 6.07) is 0. The maximum absolute atomic E-state index is 10.8. The Morgan fingerprint density at radius 3 is 1.88 bits per heavy atom. The Morgan fingerprint density at radius 1 is 1.18 bits per heavy atom. The third-order valence-corrected chi connectivity index (χ3v) is 3.57. The van der Waals surface area contributed by atoms with Gasteiger partial charge >= 0.3 is 7.82 Å². The van der Waals surface area contributed by atoms with Crippen molar-refractivity contribution >= 4 is 7.82 Å². The molecule has 3 N–H and O–H groups in total. The first-order valence-corrected chi connectivity index (χ1v) is 7.74. The quantitative estimate of drug-likeness (QED) is 0.559. The highest BCUT2D eigenvalue weighted by Gasteiger charge is 2.37. The maximum atomic E-state index is 10.8. The van der Waals surface area contributed by atoms with E-state index in [-0.39, 0.29) is 0 Å². The molecule has 0 aromatic heterocycles. The summed E-state index contributed by atoms with van der Waals surface area (Å²) in [5, 5.41) is 10.4. The van der Waals surface area contributed by atoms with Gasteiger partial charge in [-0.3, -0.25) is 4.52 Å². The summed E-state index contributed by atoms with van der Waals surface area (Å²) < 4.78 is 15.4. The Labute approximate surface area is 103 Å². The Hall–Kier alpha value is 0.0700. The lowest BCUT2D eigenvalue weighted by Crippen LogP contribution is -2.41. The molecule has 1 unspecified atom stereocenters. The van der Waals surface area contributed by atoms with Crippen LogP contribution >= 0.6 is 7.82 Å². The molecule has 0 aliphatic heterocycles. The first kappa shape index (κ1) is 17.1. The van der Waals surface area contributed by atoms with Crippen molar-refractivity contribution in [2.75, 3.05) is 0 Å². The van der Waals surface area contributed by atoms with Crippen LogP contribution in [0.4, 0.5) is 0 Å². The summed E-state index contributed by atoms with van der Waals surface area (Å²) in [4.78, 5) is 17.6. The number of phosphoric ester groups is 1. The second-order valence-corrected chi connectivity index (χ2v) is 5.74. The second kappa shape index (κ2) is 7.49. The zero-order valence-corrected chi connectivity index (χ0v) is 11.8. The molecule has 5 nitrogen and oxygen atoms in total. The standard InChI is InChI=1S/C11H25O5P/c1-4-6-8-11(12,9-7-5-2)10(3)16-17(13,14)15/h10,12H,4-9H2,1-3H3,(H2,13,14,15). The van der Waals surface area contributed by atoms with Crippen LogP contribution in [-0.4, -0.2) is 26.6 Å². The van der Waals surface area contributed by atoms with Crippen molar-refractivity contribution in [3.05, 3.63) is 0 Å². The summed E-state index contributed by atoms with van der Waals surface area (Å²) in [5.74, 6) is 0. The molecule has 0 amide bonds. The van der Waals surface area contributed by atoms with E-state index in [2.05, 4.69) is 4.52 Å². The van der Waals surface area contributed by atoms with E-state index in [4.69, 9.17) is 9.79 Å². The predicted molar refractivity (Wildman–Crippen MR) is 66.6 cm³/mol. The zero-order chi connectivity index (χ0) is 13.5. The number of hydrogen-bond acceptors (Lipinski definition) is 3. The minimum atomic E-state index is -4.54. The smallest absolute Gasteiger partial charge is 0.387 e. The molecule has 1 atom stereocenters. The van der Waals surface area contributed by atoms with Gasteiger partial charge < -0.3 is 14.9 Å². The maximum Gasteiger partial charge on any atom is 0.469 e. The minimum absolute atomic E-state index is 0.505. The third-order valence-electron chi connectivity index (χ3n) is 2.98. The summed E-state index contributed by atoms with van der Waals surface area (Å²) in [5.41, 5.74) is -1.15. The molecule has 0 radical (unpaired) electrons. The Bertz CT molecular complexity index is 242. The van der Waals surface area contributed by atoms with Crippen LogP contribution in [0.1, 0.15) is 59.3 Å². The molecule has 0 aromatic carbocycles. The molecule has 0 aliphatic rings. The summed E-state index contributed by atoms with van der Waals surface area (Å²) in [6.07, 6.45) is 3.63. The molecule has 0 aromatic rings. The van der Waals surface area contributed by atoms with Crippen molar-refractivity contribution in [3.8, 4) is 0 Å². The first-order chi connectivity index (χ1) is 7.75. The van der Waals surface area contributed by atoms with Gasteiger partial charge in [0.05, 0.1) is 11.7 Å². The average Bonchev–Trinajstić information content (AvgIpc) is 2.21. The molecule has 0 fully saturated rings. The van der Waals surface area contributed by atoms with Crippen LogP contribution in [0.5, 0.6) is 0 Å². The van der Waals surface area contributed by atoms with Crippen LogP contribution in [0.3, 0.4) is 0 Å². The minimum Gasteiger partial charge on any atom is -0.387 e. The van der Waals surface area contributed by atoms with E-state index in [1.54, 1.807) is 0 Å². The van der Waals surface area contributed by atoms with E-state index in [1.165, 1.54) is 6.92 Å². The fourth-order valence-electron chi connectivity index (χ4n) is 1.80. The van der Waals surface area contributed by atoms with Gasteiger partial charge in [0.1, 0.15) is 0 Å². The van der Waals surface area contributed by atoms with Crippen LogP contribution in [0.15, 0.2) is 0 Å². The second-order valence-electron chi connectivity index (χ2n) is 4.55. The number of hydrogen-bond donors (Lipinski definition) is 3. The Balaban J connectivity index is 4.58. The number of phosphoric acid groups is 1. The fourth-order valence-corrected chi connectivity index (χ4v) is 2.41. The molecule has 17 heavy (non-hydrogen) atoms. The molecule has 0 saturated heterocycles. The van der Waals surface area contributed by atoms with Gasteiger partial charge in [-0.25, -0.2) is 4.57 Å². The number of aliphatic hydroxyl groups is 1. The van der Waals surface area contributed by atoms with Gasteiger partial charge in [-0.2, -0.15) is 0 Å². The summed E-state index contributed by atoms with van der Waals surface area (Å²) >= 11 is 0. The topological polar surface area (TPSA) is 87.0 Å². The van der Waals surface area contributed by atoms with Gasteiger partial charge in [-0.1, -0.05) is 39.5 Å². The molecule has 0 saturated carbocycles. The first-order valence-electron chi connectivity index (χ1n) is 6.21. The van der Waals surface area contributed by atoms with Gasteiger partial charge in [0, 0.05) is 0 Å². The molecule has 104 valence electrons. The monoisotopic (exact) mass is 268 g/mol. The highest BCUT2D eigenvalue weighted by molar-refractivity contribution is 7.46. The van der Waals surface area contributed by atoms with Crippen molar-refractivity contribution in [2.45, 2.75) is 71.0 Å². The highest BCUT2D eigenvalue weighted by Crippen LogP contribution is 2.41. The number of unbranched alkanes of at least 4 members (excludes halogenated alkanes) is 2. The van der Waals surface area contributed by atoms with Crippen LogP contribution in [-0.2, 0) is 9.09 Å². The van der Waals surface area contributed by atoms with Crippen molar-refractivity contribution in [2.24, 2.45) is 0 Å². The lowest BCUT2D eigenvalue weighted by atomic mass is 9.86. The van der Waals surface area contributed by atoms with Gasteiger partial charge in [0.25, 0.3) is 0 Å². The van der Waals surface area contributed by atoms with E-state index in [9.17, 15) is 9.67 Å². The van der Waals surface area contributed by atoms with Gasteiger partial charge in [-0.15, -0.1) is 0 Å². The van der Waals surface area contributed by atoms with Gasteiger partial charge in [-0.05, 0) is 19.8 Å². The van der Waals surface area contributed by atoms with Crippen molar-refractivity contribution in [1.82, 2.24) is 0 Å². The molecule has 6 heteroatoms. The van der Waals surface area contributed by atoms with Crippen LogP contribution in [0.2, 0.25) is 0 Å². The van der Waals surface area contributed by atoms with Crippen LogP contribution < -0.4 is 0 Å². The van der Waals surface area contributed by atoms with Gasteiger partial charge in [0.2, 0.25) is 0 Å². The number of rotatable bonds is 9. The molecule has 0 rings (SSSR count). The molecule has 0 aliphatic carbocycles. The normalized spacial score (nSPS) is 14.9. The van der Waals surface area contributed by atoms with Crippen LogP contribution in [0, 0.1) is 0 Å². The van der Waals surface area contributed by atoms with E-state index >= 15 is 0 Å². The Morgan fingerprint density at radius 2 is 1.59 bits per heavy atom. The SMILES string of the molecule is CCCCC(O)(CCCC)C(C)OP(=O)(O)O. The fraction of sp³-hybridized carbons (Fsp3) is 1.00. The molecular formula is C11H25O5P. The molecule has 0 bridgehead atoms. The summed E-state index contributed by atoms with van der Waals surface area (Å²) in [6.45, 7) is 5.54. The zero-order valence-electron chi connectivity index (χ0n) is 10.9. The predicted octanol–water partition coefficient (Wildman–Crippen LogP) is 2.60. The van der Waals surface area contributed by atoms with Crippen molar-refractivity contribution in [1.29, 1.82) is 0 Å². The highest BCUT2D eigenvalue weighted by atomic mass is 31.2. The van der Waals surface area contributed by atoms with Gasteiger partial charge in [0.15, 0.2) is 0 Å². The Kier molecular flexibility index (Phi) is 7.52. The molecular weight excluding hydrogens is 243 g/mol. The summed E-state index contributed by atoms with van der Waals surface area (Å²) in [7, 11) is -4.54. The van der Waals surface area contributed by atoms with E-state index in [0.29, 0.717) is 12.8 Å². The van der Waals surface area contributed by atoms with E-state index in [0.717, 1.165) is 25.7 Å². The molecule has 0 spiro atoms.